The maximum absolute atomic E-state index is 5.82. The summed E-state index contributed by atoms with van der Waals surface area (Å²) in [6.45, 7) is 2.08. The number of benzene rings is 1. The Morgan fingerprint density at radius 2 is 1.96 bits per heavy atom. The van der Waals surface area contributed by atoms with Crippen LogP contribution in [0.25, 0.3) is 16.7 Å². The van der Waals surface area contributed by atoms with E-state index in [-0.39, 0.29) is 6.01 Å². The molecule has 0 spiro atoms. The normalized spacial score (nSPS) is 11.5. The zero-order valence-electron chi connectivity index (χ0n) is 12.8. The van der Waals surface area contributed by atoms with Crippen LogP contribution in [-0.4, -0.2) is 14.4 Å². The first kappa shape index (κ1) is 13.6. The van der Waals surface area contributed by atoms with Crippen LogP contribution in [0.5, 0.6) is 0 Å². The van der Waals surface area contributed by atoms with Gasteiger partial charge < -0.3 is 20.3 Å². The van der Waals surface area contributed by atoms with Gasteiger partial charge in [0, 0.05) is 23.6 Å². The van der Waals surface area contributed by atoms with Crippen molar-refractivity contribution in [1.82, 2.24) is 14.4 Å². The predicted molar refractivity (Wildman–Crippen MR) is 90.2 cm³/mol. The Kier molecular flexibility index (Phi) is 2.97. The van der Waals surface area contributed by atoms with Crippen molar-refractivity contribution in [1.29, 1.82) is 0 Å². The minimum atomic E-state index is 0.200. The third kappa shape index (κ3) is 2.38. The Morgan fingerprint density at radius 1 is 1.09 bits per heavy atom. The topological polar surface area (TPSA) is 95.4 Å². The van der Waals surface area contributed by atoms with Crippen LogP contribution in [0.4, 0.5) is 11.7 Å². The molecule has 1 aromatic carbocycles. The van der Waals surface area contributed by atoms with Crippen LogP contribution in [-0.2, 0) is 12.8 Å². The van der Waals surface area contributed by atoms with Gasteiger partial charge in [-0.2, -0.15) is 4.98 Å². The summed E-state index contributed by atoms with van der Waals surface area (Å²) < 4.78 is 7.44. The number of pyridine rings is 1. The average Bonchev–Trinajstić information content (AvgIpc) is 3.03. The molecular formula is C17H17N5O. The molecule has 0 aliphatic heterocycles. The van der Waals surface area contributed by atoms with Crippen molar-refractivity contribution in [2.45, 2.75) is 19.8 Å². The van der Waals surface area contributed by atoms with Gasteiger partial charge in [-0.3, -0.25) is 0 Å². The average molecular weight is 307 g/mol. The molecule has 23 heavy (non-hydrogen) atoms. The van der Waals surface area contributed by atoms with Gasteiger partial charge in [-0.15, -0.1) is 0 Å². The number of oxazole rings is 1. The Morgan fingerprint density at radius 3 is 2.83 bits per heavy atom. The van der Waals surface area contributed by atoms with Crippen LogP contribution in [0.3, 0.4) is 0 Å². The lowest BCUT2D eigenvalue weighted by atomic mass is 10.1. The number of imidazole rings is 1. The maximum atomic E-state index is 5.82. The van der Waals surface area contributed by atoms with Crippen molar-refractivity contribution in [3.05, 3.63) is 53.5 Å². The van der Waals surface area contributed by atoms with Gasteiger partial charge in [0.05, 0.1) is 5.69 Å². The van der Waals surface area contributed by atoms with Crippen molar-refractivity contribution < 1.29 is 4.42 Å². The Hall–Kier alpha value is -3.02. The van der Waals surface area contributed by atoms with Crippen molar-refractivity contribution in [3.8, 4) is 0 Å². The quantitative estimate of drug-likeness (QED) is 0.607. The van der Waals surface area contributed by atoms with E-state index < -0.39 is 0 Å². The molecule has 4 N–H and O–H groups in total. The van der Waals surface area contributed by atoms with Crippen LogP contribution < -0.4 is 11.5 Å². The van der Waals surface area contributed by atoms with Gasteiger partial charge in [-0.05, 0) is 43.5 Å². The van der Waals surface area contributed by atoms with Gasteiger partial charge in [-0.1, -0.05) is 6.07 Å². The van der Waals surface area contributed by atoms with Crippen molar-refractivity contribution in [2.75, 3.05) is 11.5 Å². The lowest BCUT2D eigenvalue weighted by Gasteiger charge is -2.01. The number of hydrogen-bond acceptors (Lipinski definition) is 5. The first-order valence-corrected chi connectivity index (χ1v) is 7.48. The summed E-state index contributed by atoms with van der Waals surface area (Å²) in [5, 5.41) is 0. The Balaban J connectivity index is 1.61. The largest absolute Gasteiger partial charge is 0.424 e. The summed E-state index contributed by atoms with van der Waals surface area (Å²) in [5.74, 6) is 0. The van der Waals surface area contributed by atoms with Crippen LogP contribution >= 0.6 is 0 Å². The summed E-state index contributed by atoms with van der Waals surface area (Å²) in [6.07, 6.45) is 3.68. The van der Waals surface area contributed by atoms with Gasteiger partial charge in [0.1, 0.15) is 11.2 Å². The summed E-state index contributed by atoms with van der Waals surface area (Å²) in [5.41, 5.74) is 17.9. The van der Waals surface area contributed by atoms with Crippen molar-refractivity contribution in [3.63, 3.8) is 0 Å². The predicted octanol–water partition coefficient (Wildman–Crippen LogP) is 2.73. The van der Waals surface area contributed by atoms with Crippen molar-refractivity contribution >= 4 is 28.4 Å². The molecule has 0 bridgehead atoms. The highest BCUT2D eigenvalue weighted by atomic mass is 16.4. The van der Waals surface area contributed by atoms with Gasteiger partial charge in [0.15, 0.2) is 5.58 Å². The summed E-state index contributed by atoms with van der Waals surface area (Å²) in [7, 11) is 0. The minimum Gasteiger partial charge on any atom is -0.424 e. The molecule has 0 fully saturated rings. The zero-order chi connectivity index (χ0) is 16.0. The first-order chi connectivity index (χ1) is 11.1. The molecule has 0 atom stereocenters. The minimum absolute atomic E-state index is 0.200. The van der Waals surface area contributed by atoms with E-state index in [1.165, 1.54) is 5.56 Å². The second-order valence-corrected chi connectivity index (χ2v) is 5.69. The van der Waals surface area contributed by atoms with Crippen LogP contribution in [0, 0.1) is 6.92 Å². The smallest absolute Gasteiger partial charge is 0.292 e. The molecule has 6 heteroatoms. The van der Waals surface area contributed by atoms with Gasteiger partial charge >= 0.3 is 0 Å². The molecule has 0 saturated carbocycles. The Labute approximate surface area is 132 Å². The van der Waals surface area contributed by atoms with Gasteiger partial charge in [0.25, 0.3) is 6.01 Å². The van der Waals surface area contributed by atoms with E-state index in [0.29, 0.717) is 0 Å². The van der Waals surface area contributed by atoms with E-state index in [2.05, 4.69) is 21.3 Å². The molecular weight excluding hydrogens is 290 g/mol. The molecule has 3 aromatic heterocycles. The molecule has 0 unspecified atom stereocenters. The fourth-order valence-electron chi connectivity index (χ4n) is 2.87. The molecule has 0 saturated heterocycles. The highest BCUT2D eigenvalue weighted by Crippen LogP contribution is 2.20. The van der Waals surface area contributed by atoms with Crippen LogP contribution in [0.15, 0.2) is 40.9 Å². The highest BCUT2D eigenvalue weighted by molar-refractivity contribution is 5.74. The van der Waals surface area contributed by atoms with Gasteiger partial charge in [0.2, 0.25) is 0 Å². The summed E-state index contributed by atoms with van der Waals surface area (Å²) >= 11 is 0. The number of rotatable bonds is 3. The molecule has 4 rings (SSSR count). The monoisotopic (exact) mass is 307 g/mol. The number of nitrogen functional groups attached to an aromatic ring is 2. The molecule has 116 valence electrons. The van der Waals surface area contributed by atoms with E-state index in [0.717, 1.165) is 46.7 Å². The number of nitrogens with two attached hydrogens (primary N) is 2. The van der Waals surface area contributed by atoms with Crippen LogP contribution in [0.1, 0.15) is 17.0 Å². The Bertz CT molecular complexity index is 1010. The molecule has 4 aromatic rings. The molecule has 3 heterocycles. The third-order valence-electron chi connectivity index (χ3n) is 4.11. The summed E-state index contributed by atoms with van der Waals surface area (Å²) in [4.78, 5) is 8.79. The SMILES string of the molecule is Cc1c(CCc2ccc3nc(N)oc3c2)nc2cc(N)ccn12. The number of hydrogen-bond donors (Lipinski definition) is 2. The van der Waals surface area contributed by atoms with E-state index >= 15 is 0 Å². The molecule has 0 amide bonds. The fourth-order valence-corrected chi connectivity index (χ4v) is 2.87. The van der Waals surface area contributed by atoms with E-state index in [9.17, 15) is 0 Å². The van der Waals surface area contributed by atoms with Gasteiger partial charge in [-0.25, -0.2) is 4.98 Å². The van der Waals surface area contributed by atoms with E-state index in [1.807, 2.05) is 36.5 Å². The van der Waals surface area contributed by atoms with Crippen molar-refractivity contribution in [2.24, 2.45) is 0 Å². The number of anilines is 2. The molecule has 0 aliphatic rings. The second-order valence-electron chi connectivity index (χ2n) is 5.69. The lowest BCUT2D eigenvalue weighted by Crippen LogP contribution is -1.95. The van der Waals surface area contributed by atoms with Crippen LogP contribution in [0.2, 0.25) is 0 Å². The third-order valence-corrected chi connectivity index (χ3v) is 4.11. The number of aromatic nitrogens is 3. The van der Waals surface area contributed by atoms with E-state index in [4.69, 9.17) is 15.9 Å². The molecule has 0 radical (unpaired) electrons. The summed E-state index contributed by atoms with van der Waals surface area (Å²) in [6, 6.07) is 9.94. The standard InChI is InChI=1S/C17H17N5O/c1-10-13(20-16-9-12(18)6-7-22(10)16)4-2-11-3-5-14-15(8-11)23-17(19)21-14/h3,5-9H,2,4,18H2,1H3,(H2,19,21). The van der Waals surface area contributed by atoms with E-state index in [1.54, 1.807) is 0 Å². The number of nitrogens with zero attached hydrogens (tertiary/aromatic N) is 3. The number of aryl methyl sites for hydroxylation is 3. The number of fused-ring (bicyclic) bond motifs is 2. The zero-order valence-corrected chi connectivity index (χ0v) is 12.8. The maximum Gasteiger partial charge on any atom is 0.292 e. The lowest BCUT2D eigenvalue weighted by molar-refractivity contribution is 0.625. The first-order valence-electron chi connectivity index (χ1n) is 7.48. The highest BCUT2D eigenvalue weighted by Gasteiger charge is 2.09. The second kappa shape index (κ2) is 5.01. The molecule has 6 nitrogen and oxygen atoms in total. The molecule has 0 aliphatic carbocycles. The fraction of sp³-hybridized carbons (Fsp3) is 0.176.